The van der Waals surface area contributed by atoms with Gasteiger partial charge in [0.25, 0.3) is 5.91 Å². The number of hydrogen-bond acceptors (Lipinski definition) is 14. The molecule has 0 bridgehead atoms. The van der Waals surface area contributed by atoms with E-state index in [0.717, 1.165) is 10.1 Å². The minimum Gasteiger partial charge on any atom is -0.484 e. The number of hydrogen-bond donors (Lipinski definition) is 4. The minimum atomic E-state index is -0.884. The van der Waals surface area contributed by atoms with Crippen molar-refractivity contribution in [2.24, 2.45) is 22.9 Å². The monoisotopic (exact) mass is 724 g/mol. The molecule has 2 atom stereocenters. The fourth-order valence-electron chi connectivity index (χ4n) is 5.78. The average molecular weight is 725 g/mol. The van der Waals surface area contributed by atoms with E-state index < -0.39 is 41.9 Å². The molecule has 0 aliphatic carbocycles. The van der Waals surface area contributed by atoms with E-state index in [1.165, 1.54) is 30.1 Å². The van der Waals surface area contributed by atoms with Gasteiger partial charge in [-0.1, -0.05) is 5.11 Å². The highest BCUT2D eigenvalue weighted by molar-refractivity contribution is 6.15. The number of aromatic amines is 1. The number of aryl methyl sites for hydroxylation is 1. The van der Waals surface area contributed by atoms with Crippen LogP contribution in [0.1, 0.15) is 28.8 Å². The van der Waals surface area contributed by atoms with Crippen molar-refractivity contribution in [1.82, 2.24) is 25.1 Å². The van der Waals surface area contributed by atoms with Gasteiger partial charge < -0.3 is 49.6 Å². The fraction of sp³-hybridized carbons (Fsp3) is 0.500. The van der Waals surface area contributed by atoms with Crippen molar-refractivity contribution >= 4 is 40.2 Å². The summed E-state index contributed by atoms with van der Waals surface area (Å²) in [4.78, 5) is 73.4. The second kappa shape index (κ2) is 18.1. The molecule has 2 aliphatic rings. The number of benzene rings is 1. The second-order valence-corrected chi connectivity index (χ2v) is 11.9. The van der Waals surface area contributed by atoms with Crippen LogP contribution < -0.4 is 32.5 Å². The summed E-state index contributed by atoms with van der Waals surface area (Å²) in [6.45, 7) is 2.91. The maximum atomic E-state index is 13.1. The standard InChI is InChI=1S/C32H40N10O10/c1-41-23-13-21(2-3-22(23)31(46)52-32(41)47)51-18-27(44)42-17-20(39-40-34)12-24(42)30(45)36-5-7-49-9-11-50-10-8-48-6-4-35-15-19-16-37-29-28(19)25(43)14-26(33)38-29/h2-3,13,16,20,24,35,37H,4-12,14-15,17-18H2,1H3,(H2,33,38)(H,36,45)/t20-,24-/m0/s1. The highest BCUT2D eigenvalue weighted by atomic mass is 16.5. The molecule has 20 heteroatoms. The van der Waals surface area contributed by atoms with E-state index in [2.05, 4.69) is 35.1 Å². The van der Waals surface area contributed by atoms with Crippen LogP contribution in [0.15, 0.2) is 48.5 Å². The molecule has 20 nitrogen and oxygen atoms in total. The highest BCUT2D eigenvalue weighted by Crippen LogP contribution is 2.27. The third-order valence-electron chi connectivity index (χ3n) is 8.33. The minimum absolute atomic E-state index is 0.0369. The Morgan fingerprint density at radius 3 is 2.60 bits per heavy atom. The van der Waals surface area contributed by atoms with E-state index >= 15 is 0 Å². The summed E-state index contributed by atoms with van der Waals surface area (Å²) >= 11 is 0. The molecule has 2 aliphatic heterocycles. The SMILES string of the molecule is Cn1c(=O)oc(=O)c2ccc(OCC(=O)N3C[C@@H](N=[N+]=[N-])C[C@H]3C(=O)NCCOCCOCCOCCNCc3c[nH]c4c3C(=O)CC(N)=N4)cc21. The fourth-order valence-corrected chi connectivity index (χ4v) is 5.78. The molecule has 2 aromatic heterocycles. The number of aromatic nitrogens is 2. The van der Waals surface area contributed by atoms with Crippen LogP contribution in [0, 0.1) is 0 Å². The Hall–Kier alpha value is -5.53. The molecule has 5 N–H and O–H groups in total. The topological polar surface area (TPSA) is 271 Å². The largest absolute Gasteiger partial charge is 0.484 e. The lowest BCUT2D eigenvalue weighted by molar-refractivity contribution is -0.140. The molecule has 0 radical (unpaired) electrons. The molecule has 3 aromatic rings. The van der Waals surface area contributed by atoms with Gasteiger partial charge in [0.15, 0.2) is 12.4 Å². The van der Waals surface area contributed by atoms with Gasteiger partial charge in [0.1, 0.15) is 23.4 Å². The molecule has 4 heterocycles. The van der Waals surface area contributed by atoms with Gasteiger partial charge >= 0.3 is 11.4 Å². The van der Waals surface area contributed by atoms with Crippen molar-refractivity contribution in [3.8, 4) is 5.75 Å². The van der Waals surface area contributed by atoms with Crippen LogP contribution in [-0.4, -0.2) is 116 Å². The number of nitrogens with zero attached hydrogens (tertiary/aromatic N) is 6. The van der Waals surface area contributed by atoms with Gasteiger partial charge in [-0.15, -0.1) is 0 Å². The number of ketones is 1. The molecule has 5 rings (SSSR count). The zero-order valence-corrected chi connectivity index (χ0v) is 28.5. The zero-order valence-electron chi connectivity index (χ0n) is 28.5. The Bertz CT molecular complexity index is 1960. The van der Waals surface area contributed by atoms with Crippen molar-refractivity contribution < 1.29 is 37.7 Å². The summed E-state index contributed by atoms with van der Waals surface area (Å²) in [6.07, 6.45) is 2.02. The van der Waals surface area contributed by atoms with Crippen LogP contribution in [0.25, 0.3) is 21.3 Å². The summed E-state index contributed by atoms with van der Waals surface area (Å²) in [5.74, 6) is -0.804. The van der Waals surface area contributed by atoms with Crippen LogP contribution in [0.4, 0.5) is 5.82 Å². The van der Waals surface area contributed by atoms with Crippen molar-refractivity contribution in [3.63, 3.8) is 0 Å². The quantitative estimate of drug-likeness (QED) is 0.0551. The molecular formula is C32H40N10O10. The lowest BCUT2D eigenvalue weighted by Gasteiger charge is -2.24. The van der Waals surface area contributed by atoms with E-state index in [4.69, 9.17) is 30.2 Å². The van der Waals surface area contributed by atoms with Gasteiger partial charge in [0, 0.05) is 50.4 Å². The van der Waals surface area contributed by atoms with Crippen LogP contribution in [-0.2, 0) is 37.4 Å². The lowest BCUT2D eigenvalue weighted by atomic mass is 10.0. The molecule has 0 saturated carbocycles. The summed E-state index contributed by atoms with van der Waals surface area (Å²) < 4.78 is 28.0. The number of ether oxygens (including phenoxy) is 4. The number of likely N-dealkylation sites (tertiary alicyclic amines) is 1. The number of nitrogens with one attached hydrogen (secondary N) is 3. The molecule has 0 unspecified atom stereocenters. The molecule has 1 fully saturated rings. The predicted molar refractivity (Wildman–Crippen MR) is 184 cm³/mol. The molecule has 52 heavy (non-hydrogen) atoms. The number of carbonyl (C=O) groups is 3. The van der Waals surface area contributed by atoms with Gasteiger partial charge in [0.05, 0.1) is 68.6 Å². The number of rotatable bonds is 19. The first-order chi connectivity index (χ1) is 25.2. The smallest absolute Gasteiger partial charge is 0.422 e. The van der Waals surface area contributed by atoms with Crippen LogP contribution in [0.3, 0.4) is 0 Å². The van der Waals surface area contributed by atoms with Crippen LogP contribution >= 0.6 is 0 Å². The first-order valence-corrected chi connectivity index (χ1v) is 16.5. The first-order valence-electron chi connectivity index (χ1n) is 16.5. The summed E-state index contributed by atoms with van der Waals surface area (Å²) in [7, 11) is 1.43. The van der Waals surface area contributed by atoms with Gasteiger partial charge in [-0.2, -0.15) is 0 Å². The van der Waals surface area contributed by atoms with Gasteiger partial charge in [0.2, 0.25) is 5.91 Å². The molecule has 0 spiro atoms. The number of nitrogens with two attached hydrogens (primary N) is 1. The number of carbonyl (C=O) groups excluding carboxylic acids is 3. The third-order valence-corrected chi connectivity index (χ3v) is 8.33. The van der Waals surface area contributed by atoms with E-state index in [9.17, 15) is 24.0 Å². The Morgan fingerprint density at radius 2 is 1.85 bits per heavy atom. The number of Topliss-reactive ketones (excluding diaryl/α,β-unsaturated/α-hetero) is 1. The van der Waals surface area contributed by atoms with Crippen molar-refractivity contribution in [1.29, 1.82) is 0 Å². The van der Waals surface area contributed by atoms with Gasteiger partial charge in [-0.3, -0.25) is 19.0 Å². The Kier molecular flexibility index (Phi) is 13.1. The van der Waals surface area contributed by atoms with E-state index in [1.54, 1.807) is 6.20 Å². The second-order valence-electron chi connectivity index (χ2n) is 11.9. The van der Waals surface area contributed by atoms with Gasteiger partial charge in [-0.05, 0) is 29.6 Å². The average Bonchev–Trinajstić information content (AvgIpc) is 3.74. The van der Waals surface area contributed by atoms with Crippen molar-refractivity contribution in [2.45, 2.75) is 31.5 Å². The summed E-state index contributed by atoms with van der Waals surface area (Å²) in [6, 6.07) is 2.85. The molecular weight excluding hydrogens is 684 g/mol. The summed E-state index contributed by atoms with van der Waals surface area (Å²) in [5, 5.41) is 9.84. The molecule has 1 saturated heterocycles. The number of amidine groups is 1. The van der Waals surface area contributed by atoms with E-state index in [-0.39, 0.29) is 55.0 Å². The van der Waals surface area contributed by atoms with Crippen LogP contribution in [0.2, 0.25) is 0 Å². The number of azide groups is 1. The predicted octanol–water partition coefficient (Wildman–Crippen LogP) is 0.00930. The molecule has 2 amide bonds. The number of H-pyrrole nitrogens is 1. The molecule has 278 valence electrons. The first kappa shape index (κ1) is 37.7. The summed E-state index contributed by atoms with van der Waals surface area (Å²) in [5.41, 5.74) is 15.5. The number of fused-ring (bicyclic) bond motifs is 2. The van der Waals surface area contributed by atoms with E-state index in [1.807, 2.05) is 0 Å². The molecule has 1 aromatic carbocycles. The van der Waals surface area contributed by atoms with Crippen molar-refractivity contribution in [3.05, 3.63) is 66.9 Å². The number of amides is 2. The third kappa shape index (κ3) is 9.62. The van der Waals surface area contributed by atoms with Crippen LogP contribution in [0.5, 0.6) is 5.75 Å². The lowest BCUT2D eigenvalue weighted by Crippen LogP contribution is -2.48. The zero-order chi connectivity index (χ0) is 37.0. The maximum Gasteiger partial charge on any atom is 0.422 e. The van der Waals surface area contributed by atoms with E-state index in [0.29, 0.717) is 63.3 Å². The maximum absolute atomic E-state index is 13.1. The Labute approximate surface area is 295 Å². The Morgan fingerprint density at radius 1 is 1.12 bits per heavy atom. The van der Waals surface area contributed by atoms with Gasteiger partial charge in [-0.25, -0.2) is 14.6 Å². The Balaban J connectivity index is 0.933. The normalized spacial score (nSPS) is 16.8. The van der Waals surface area contributed by atoms with Crippen molar-refractivity contribution in [2.75, 3.05) is 65.9 Å². The number of aliphatic imine (C=N–C) groups is 1. The highest BCUT2D eigenvalue weighted by Gasteiger charge is 2.39.